The van der Waals surface area contributed by atoms with Crippen LogP contribution in [-0.2, 0) is 22.7 Å². The monoisotopic (exact) mass is 540 g/mol. The number of halogens is 4. The lowest BCUT2D eigenvalue weighted by Crippen LogP contribution is -2.28. The number of carbonyl (C=O) groups is 1. The molecule has 0 radical (unpaired) electrons. The summed E-state index contributed by atoms with van der Waals surface area (Å²) >= 11 is 6.67. The Morgan fingerprint density at radius 1 is 1.09 bits per heavy atom. The predicted molar refractivity (Wildman–Crippen MR) is 127 cm³/mol. The maximum Gasteiger partial charge on any atom is 0.416 e. The van der Waals surface area contributed by atoms with Crippen molar-refractivity contribution in [2.45, 2.75) is 17.6 Å². The summed E-state index contributed by atoms with van der Waals surface area (Å²) < 4.78 is 76.6. The van der Waals surface area contributed by atoms with Crippen LogP contribution in [0.25, 0.3) is 11.0 Å². The fourth-order valence-electron chi connectivity index (χ4n) is 3.33. The Morgan fingerprint density at radius 2 is 1.80 bits per heavy atom. The first-order chi connectivity index (χ1) is 16.5. The predicted octanol–water partition coefficient (Wildman–Crippen LogP) is 5.44. The fraction of sp³-hybridized carbons (Fsp3) is 0.136. The van der Waals surface area contributed by atoms with E-state index in [4.69, 9.17) is 11.6 Å². The average Bonchev–Trinajstić information content (AvgIpc) is 3.28. The summed E-state index contributed by atoms with van der Waals surface area (Å²) in [7, 11) is -2.96. The van der Waals surface area contributed by atoms with Gasteiger partial charge in [0.05, 0.1) is 28.5 Å². The van der Waals surface area contributed by atoms with E-state index >= 15 is 0 Å². The smallest absolute Gasteiger partial charge is 0.337 e. The SMILES string of the molecule is CN(Cc1ccc(Cl)cc1)C(=O)c1ccc(C(F)(F)F)cc1NS(=O)(=O)c1cccc2nsnc12. The molecule has 0 atom stereocenters. The highest BCUT2D eigenvalue weighted by Crippen LogP contribution is 2.34. The van der Waals surface area contributed by atoms with E-state index in [1.165, 1.54) is 24.1 Å². The van der Waals surface area contributed by atoms with Gasteiger partial charge in [0.1, 0.15) is 15.9 Å². The molecule has 35 heavy (non-hydrogen) atoms. The molecule has 0 aliphatic carbocycles. The summed E-state index contributed by atoms with van der Waals surface area (Å²) in [5, 5.41) is 0.507. The average molecular weight is 541 g/mol. The molecule has 3 aromatic carbocycles. The van der Waals surface area contributed by atoms with E-state index in [0.717, 1.165) is 29.4 Å². The Morgan fingerprint density at radius 3 is 2.49 bits per heavy atom. The Kier molecular flexibility index (Phi) is 6.71. The molecule has 1 heterocycles. The second-order valence-corrected chi connectivity index (χ2v) is 10.2. The molecule has 1 amide bonds. The van der Waals surface area contributed by atoms with Crippen molar-refractivity contribution in [3.63, 3.8) is 0 Å². The van der Waals surface area contributed by atoms with Crippen LogP contribution >= 0.6 is 23.3 Å². The summed E-state index contributed by atoms with van der Waals surface area (Å²) in [5.74, 6) is -0.681. The molecule has 0 aliphatic heterocycles. The highest BCUT2D eigenvalue weighted by molar-refractivity contribution is 7.93. The van der Waals surface area contributed by atoms with Gasteiger partial charge >= 0.3 is 6.18 Å². The molecule has 0 unspecified atom stereocenters. The standard InChI is InChI=1S/C22H16ClF3N4O3S2/c1-30(12-13-5-8-15(23)9-6-13)21(31)16-10-7-14(22(24,25)26)11-18(16)29-35(32,33)19-4-2-3-17-20(19)28-34-27-17/h2-11,29H,12H2,1H3. The van der Waals surface area contributed by atoms with Gasteiger partial charge in [0, 0.05) is 18.6 Å². The van der Waals surface area contributed by atoms with Gasteiger partial charge in [0.25, 0.3) is 15.9 Å². The Balaban J connectivity index is 1.72. The molecular weight excluding hydrogens is 525 g/mol. The molecule has 1 N–H and O–H groups in total. The van der Waals surface area contributed by atoms with Crippen LogP contribution in [0.5, 0.6) is 0 Å². The van der Waals surface area contributed by atoms with Crippen molar-refractivity contribution in [1.82, 2.24) is 13.6 Å². The van der Waals surface area contributed by atoms with Crippen molar-refractivity contribution in [2.24, 2.45) is 0 Å². The van der Waals surface area contributed by atoms with E-state index in [1.807, 2.05) is 0 Å². The number of alkyl halides is 3. The third-order valence-electron chi connectivity index (χ3n) is 5.04. The van der Waals surface area contributed by atoms with Crippen LogP contribution in [0.3, 0.4) is 0 Å². The van der Waals surface area contributed by atoms with Gasteiger partial charge in [-0.3, -0.25) is 9.52 Å². The van der Waals surface area contributed by atoms with Gasteiger partial charge in [-0.2, -0.15) is 21.9 Å². The minimum absolute atomic E-state index is 0.0738. The zero-order chi connectivity index (χ0) is 25.4. The third kappa shape index (κ3) is 5.39. The molecule has 0 aliphatic rings. The maximum atomic E-state index is 13.4. The lowest BCUT2D eigenvalue weighted by atomic mass is 10.1. The van der Waals surface area contributed by atoms with E-state index < -0.39 is 33.4 Å². The van der Waals surface area contributed by atoms with Gasteiger partial charge in [-0.25, -0.2) is 8.42 Å². The second kappa shape index (κ2) is 9.44. The van der Waals surface area contributed by atoms with Crippen molar-refractivity contribution >= 4 is 56.0 Å². The van der Waals surface area contributed by atoms with Crippen LogP contribution < -0.4 is 4.72 Å². The molecular formula is C22H16ClF3N4O3S2. The van der Waals surface area contributed by atoms with Crippen molar-refractivity contribution in [1.29, 1.82) is 0 Å². The molecule has 182 valence electrons. The molecule has 0 saturated carbocycles. The number of nitrogens with zero attached hydrogens (tertiary/aromatic N) is 3. The van der Waals surface area contributed by atoms with Crippen LogP contribution in [0.1, 0.15) is 21.5 Å². The number of amides is 1. The largest absolute Gasteiger partial charge is 0.416 e. The minimum atomic E-state index is -4.75. The van der Waals surface area contributed by atoms with Crippen LogP contribution in [0.2, 0.25) is 5.02 Å². The van der Waals surface area contributed by atoms with Gasteiger partial charge in [-0.1, -0.05) is 29.8 Å². The van der Waals surface area contributed by atoms with E-state index in [9.17, 15) is 26.4 Å². The Hall–Kier alpha value is -3.22. The normalized spacial score (nSPS) is 12.0. The highest BCUT2D eigenvalue weighted by Gasteiger charge is 2.33. The van der Waals surface area contributed by atoms with E-state index in [1.54, 1.807) is 30.3 Å². The van der Waals surface area contributed by atoms with Gasteiger partial charge in [0.2, 0.25) is 0 Å². The first kappa shape index (κ1) is 24.9. The van der Waals surface area contributed by atoms with Crippen molar-refractivity contribution in [2.75, 3.05) is 11.8 Å². The van der Waals surface area contributed by atoms with Crippen molar-refractivity contribution in [3.05, 3.63) is 82.4 Å². The van der Waals surface area contributed by atoms with E-state index in [-0.39, 0.29) is 22.5 Å². The van der Waals surface area contributed by atoms with E-state index in [2.05, 4.69) is 13.5 Å². The molecule has 7 nitrogen and oxygen atoms in total. The number of hydrogen-bond acceptors (Lipinski definition) is 6. The molecule has 4 aromatic rings. The zero-order valence-corrected chi connectivity index (χ0v) is 20.3. The minimum Gasteiger partial charge on any atom is -0.337 e. The molecule has 13 heteroatoms. The van der Waals surface area contributed by atoms with Crippen molar-refractivity contribution < 1.29 is 26.4 Å². The number of rotatable bonds is 6. The van der Waals surface area contributed by atoms with Gasteiger partial charge in [-0.05, 0) is 48.0 Å². The van der Waals surface area contributed by atoms with Crippen LogP contribution in [0, 0.1) is 0 Å². The lowest BCUT2D eigenvalue weighted by molar-refractivity contribution is -0.137. The van der Waals surface area contributed by atoms with Crippen LogP contribution in [-0.4, -0.2) is 35.0 Å². The molecule has 0 saturated heterocycles. The number of hydrogen-bond donors (Lipinski definition) is 1. The van der Waals surface area contributed by atoms with E-state index in [0.29, 0.717) is 16.6 Å². The Labute approximate surface area is 207 Å². The quantitative estimate of drug-likeness (QED) is 0.352. The number of aromatic nitrogens is 2. The first-order valence-corrected chi connectivity index (χ1v) is 12.5. The molecule has 0 fully saturated rings. The number of nitrogens with one attached hydrogen (secondary N) is 1. The second-order valence-electron chi connectivity index (χ2n) is 7.54. The summed E-state index contributed by atoms with van der Waals surface area (Å²) in [6.07, 6.45) is -4.75. The number of carbonyl (C=O) groups excluding carboxylic acids is 1. The summed E-state index contributed by atoms with van der Waals surface area (Å²) in [5.41, 5.74) is -0.747. The lowest BCUT2D eigenvalue weighted by Gasteiger charge is -2.21. The molecule has 4 rings (SSSR count). The highest BCUT2D eigenvalue weighted by atomic mass is 35.5. The first-order valence-electron chi connectivity index (χ1n) is 9.91. The maximum absolute atomic E-state index is 13.4. The number of anilines is 1. The Bertz CT molecular complexity index is 1510. The van der Waals surface area contributed by atoms with Crippen molar-refractivity contribution in [3.8, 4) is 0 Å². The number of sulfonamides is 1. The summed E-state index contributed by atoms with van der Waals surface area (Å²) in [6, 6.07) is 13.2. The summed E-state index contributed by atoms with van der Waals surface area (Å²) in [4.78, 5) is 14.1. The molecule has 1 aromatic heterocycles. The van der Waals surface area contributed by atoms with Gasteiger partial charge < -0.3 is 4.90 Å². The molecule has 0 bridgehead atoms. The van der Waals surface area contributed by atoms with Gasteiger partial charge in [-0.15, -0.1) is 0 Å². The topological polar surface area (TPSA) is 92.3 Å². The van der Waals surface area contributed by atoms with Crippen LogP contribution in [0.4, 0.5) is 18.9 Å². The third-order valence-corrected chi connectivity index (χ3v) is 7.23. The number of fused-ring (bicyclic) bond motifs is 1. The molecule has 0 spiro atoms. The fourth-order valence-corrected chi connectivity index (χ4v) is 5.29. The summed E-state index contributed by atoms with van der Waals surface area (Å²) in [6.45, 7) is 0.118. The van der Waals surface area contributed by atoms with Crippen LogP contribution in [0.15, 0.2) is 65.6 Å². The van der Waals surface area contributed by atoms with Gasteiger partial charge in [0.15, 0.2) is 0 Å². The number of benzene rings is 3. The zero-order valence-electron chi connectivity index (χ0n) is 17.9.